The van der Waals surface area contributed by atoms with Crippen molar-refractivity contribution in [2.24, 2.45) is 0 Å². The van der Waals surface area contributed by atoms with Gasteiger partial charge in [-0.05, 0) is 38.5 Å². The fourth-order valence-electron chi connectivity index (χ4n) is 8.80. The summed E-state index contributed by atoms with van der Waals surface area (Å²) < 4.78 is 11.3. The molecule has 1 aliphatic heterocycles. The third-order valence-corrected chi connectivity index (χ3v) is 13.1. The summed E-state index contributed by atoms with van der Waals surface area (Å²) in [6.07, 6.45) is 45.3. The number of aliphatic hydroxyl groups is 5. The van der Waals surface area contributed by atoms with Crippen molar-refractivity contribution in [3.05, 3.63) is 12.2 Å². The number of carbonyl (C=O) groups is 1. The molecule has 1 aliphatic rings. The second-order valence-electron chi connectivity index (χ2n) is 19.0. The summed E-state index contributed by atoms with van der Waals surface area (Å²) in [6, 6.07) is -0.719. The van der Waals surface area contributed by atoms with Crippen LogP contribution in [0.25, 0.3) is 0 Å². The monoisotopic (exact) mass is 882 g/mol. The third kappa shape index (κ3) is 33.4. The van der Waals surface area contributed by atoms with Gasteiger partial charge < -0.3 is 40.3 Å². The first-order valence-corrected chi connectivity index (χ1v) is 26.9. The molecule has 9 heteroatoms. The fraction of sp³-hybridized carbons (Fsp3) is 0.943. The lowest BCUT2D eigenvalue weighted by Crippen LogP contribution is -2.60. The van der Waals surface area contributed by atoms with Crippen LogP contribution in [0.4, 0.5) is 0 Å². The first kappa shape index (κ1) is 58.9. The first-order valence-electron chi connectivity index (χ1n) is 26.9. The van der Waals surface area contributed by atoms with Crippen LogP contribution in [0.2, 0.25) is 0 Å². The topological polar surface area (TPSA) is 149 Å². The van der Waals surface area contributed by atoms with Gasteiger partial charge in [0, 0.05) is 6.42 Å². The summed E-state index contributed by atoms with van der Waals surface area (Å²) in [5.41, 5.74) is 0. The van der Waals surface area contributed by atoms with E-state index >= 15 is 0 Å². The largest absolute Gasteiger partial charge is 0.394 e. The lowest BCUT2D eigenvalue weighted by Gasteiger charge is -2.40. The number of allylic oxidation sites excluding steroid dienone is 2. The zero-order valence-electron chi connectivity index (χ0n) is 40.6. The molecule has 0 saturated carbocycles. The van der Waals surface area contributed by atoms with Gasteiger partial charge in [0.15, 0.2) is 6.29 Å². The van der Waals surface area contributed by atoms with Gasteiger partial charge in [0.1, 0.15) is 24.4 Å². The van der Waals surface area contributed by atoms with Crippen molar-refractivity contribution in [3.63, 3.8) is 0 Å². The van der Waals surface area contributed by atoms with Crippen LogP contribution in [0.5, 0.6) is 0 Å². The Kier molecular flexibility index (Phi) is 41.6. The fourth-order valence-corrected chi connectivity index (χ4v) is 8.80. The number of ether oxygens (including phenoxy) is 2. The highest BCUT2D eigenvalue weighted by Gasteiger charge is 2.44. The van der Waals surface area contributed by atoms with Crippen molar-refractivity contribution >= 4 is 5.91 Å². The van der Waals surface area contributed by atoms with E-state index in [0.717, 1.165) is 51.4 Å². The number of amides is 1. The summed E-state index contributed by atoms with van der Waals surface area (Å²) >= 11 is 0. The Hall–Kier alpha value is -1.07. The van der Waals surface area contributed by atoms with E-state index in [1.165, 1.54) is 186 Å². The van der Waals surface area contributed by atoms with Gasteiger partial charge in [0.05, 0.1) is 25.4 Å². The van der Waals surface area contributed by atoms with Crippen LogP contribution in [0.3, 0.4) is 0 Å². The van der Waals surface area contributed by atoms with Crippen LogP contribution in [-0.2, 0) is 14.3 Å². The SMILES string of the molecule is CCCCC/C=C\CCCCCCCC(=O)NC(COC1OC(CO)C(O)C(O)C1O)C(O)CCCCCCCCCCCCCCCCCCCCCCCCCCCCC. The minimum absolute atomic E-state index is 0.138. The van der Waals surface area contributed by atoms with Crippen molar-refractivity contribution in [1.29, 1.82) is 0 Å². The maximum atomic E-state index is 13.0. The molecule has 1 rings (SSSR count). The van der Waals surface area contributed by atoms with E-state index < -0.39 is 49.5 Å². The lowest BCUT2D eigenvalue weighted by atomic mass is 9.99. The van der Waals surface area contributed by atoms with Crippen molar-refractivity contribution in [3.8, 4) is 0 Å². The number of hydrogen-bond donors (Lipinski definition) is 6. The Morgan fingerprint density at radius 1 is 0.532 bits per heavy atom. The zero-order valence-corrected chi connectivity index (χ0v) is 40.6. The van der Waals surface area contributed by atoms with Crippen molar-refractivity contribution < 1.29 is 39.8 Å². The summed E-state index contributed by atoms with van der Waals surface area (Å²) in [7, 11) is 0. The average Bonchev–Trinajstić information content (AvgIpc) is 3.27. The van der Waals surface area contributed by atoms with Gasteiger partial charge in [-0.2, -0.15) is 0 Å². The van der Waals surface area contributed by atoms with E-state index in [-0.39, 0.29) is 12.5 Å². The highest BCUT2D eigenvalue weighted by Crippen LogP contribution is 2.23. The Labute approximate surface area is 382 Å². The molecule has 1 fully saturated rings. The highest BCUT2D eigenvalue weighted by molar-refractivity contribution is 5.76. The molecule has 62 heavy (non-hydrogen) atoms. The standard InChI is InChI=1S/C53H103NO8/c1-3-5-7-9-11-13-15-17-18-19-20-21-22-23-24-25-26-27-28-29-30-31-32-34-36-38-40-42-47(56)46(45-61-53-52(60)51(59)50(58)48(44-55)62-53)54-49(57)43-41-39-37-35-33-16-14-12-10-8-6-4-2/h12,14,46-48,50-53,55-56,58-60H,3-11,13,15-45H2,1-2H3,(H,54,57)/b14-12-. The summed E-state index contributed by atoms with van der Waals surface area (Å²) in [4.78, 5) is 13.0. The smallest absolute Gasteiger partial charge is 0.220 e. The molecule has 368 valence electrons. The van der Waals surface area contributed by atoms with Crippen molar-refractivity contribution in [2.45, 2.75) is 307 Å². The Balaban J connectivity index is 2.16. The van der Waals surface area contributed by atoms with Gasteiger partial charge in [0.2, 0.25) is 5.91 Å². The molecule has 0 aromatic carbocycles. The molecule has 7 atom stereocenters. The maximum absolute atomic E-state index is 13.0. The molecule has 0 aromatic rings. The van der Waals surface area contributed by atoms with Crippen LogP contribution in [0.15, 0.2) is 12.2 Å². The highest BCUT2D eigenvalue weighted by atomic mass is 16.7. The number of nitrogens with one attached hydrogen (secondary N) is 1. The van der Waals surface area contributed by atoms with E-state index in [0.29, 0.717) is 12.8 Å². The zero-order chi connectivity index (χ0) is 45.1. The summed E-state index contributed by atoms with van der Waals surface area (Å²) in [5.74, 6) is -0.151. The summed E-state index contributed by atoms with van der Waals surface area (Å²) in [5, 5.41) is 54.5. The van der Waals surface area contributed by atoms with Gasteiger partial charge in [-0.15, -0.1) is 0 Å². The lowest BCUT2D eigenvalue weighted by molar-refractivity contribution is -0.302. The normalized spacial score (nSPS) is 20.3. The molecule has 9 nitrogen and oxygen atoms in total. The van der Waals surface area contributed by atoms with Gasteiger partial charge in [-0.1, -0.05) is 231 Å². The Bertz CT molecular complexity index is 981. The quantitative estimate of drug-likeness (QED) is 0.0261. The number of rotatable bonds is 46. The van der Waals surface area contributed by atoms with Gasteiger partial charge >= 0.3 is 0 Å². The van der Waals surface area contributed by atoms with Crippen LogP contribution >= 0.6 is 0 Å². The molecule has 0 spiro atoms. The molecule has 0 bridgehead atoms. The van der Waals surface area contributed by atoms with E-state index in [1.54, 1.807) is 0 Å². The second kappa shape index (κ2) is 43.8. The van der Waals surface area contributed by atoms with E-state index in [9.17, 15) is 30.3 Å². The number of carbonyl (C=O) groups excluding carboxylic acids is 1. The predicted molar refractivity (Wildman–Crippen MR) is 258 cm³/mol. The Morgan fingerprint density at radius 2 is 0.903 bits per heavy atom. The number of aliphatic hydroxyl groups excluding tert-OH is 5. The summed E-state index contributed by atoms with van der Waals surface area (Å²) in [6.45, 7) is 3.83. The molecule has 1 amide bonds. The average molecular weight is 882 g/mol. The molecule has 0 radical (unpaired) electrons. The van der Waals surface area contributed by atoms with E-state index in [2.05, 4.69) is 31.3 Å². The first-order chi connectivity index (χ1) is 30.3. The number of hydrogen-bond acceptors (Lipinski definition) is 8. The minimum atomic E-state index is -1.55. The number of unbranched alkanes of at least 4 members (excludes halogenated alkanes) is 34. The molecular formula is C53H103NO8. The van der Waals surface area contributed by atoms with Crippen LogP contribution in [-0.4, -0.2) is 87.5 Å². The van der Waals surface area contributed by atoms with Crippen LogP contribution < -0.4 is 5.32 Å². The maximum Gasteiger partial charge on any atom is 0.220 e. The molecule has 7 unspecified atom stereocenters. The van der Waals surface area contributed by atoms with Crippen molar-refractivity contribution in [1.82, 2.24) is 5.32 Å². The molecule has 1 saturated heterocycles. The second-order valence-corrected chi connectivity index (χ2v) is 19.0. The molecular weight excluding hydrogens is 779 g/mol. The van der Waals surface area contributed by atoms with Gasteiger partial charge in [-0.25, -0.2) is 0 Å². The van der Waals surface area contributed by atoms with Crippen molar-refractivity contribution in [2.75, 3.05) is 13.2 Å². The van der Waals surface area contributed by atoms with Crippen LogP contribution in [0, 0.1) is 0 Å². The molecule has 0 aliphatic carbocycles. The predicted octanol–water partition coefficient (Wildman–Crippen LogP) is 12.5. The van der Waals surface area contributed by atoms with E-state index in [4.69, 9.17) is 9.47 Å². The minimum Gasteiger partial charge on any atom is -0.394 e. The Morgan fingerprint density at radius 3 is 1.34 bits per heavy atom. The van der Waals surface area contributed by atoms with E-state index in [1.807, 2.05) is 0 Å². The van der Waals surface area contributed by atoms with Crippen LogP contribution in [0.1, 0.15) is 264 Å². The molecule has 0 aromatic heterocycles. The molecule has 6 N–H and O–H groups in total. The van der Waals surface area contributed by atoms with Gasteiger partial charge in [-0.3, -0.25) is 4.79 Å². The molecule has 1 heterocycles. The third-order valence-electron chi connectivity index (χ3n) is 13.1. The van der Waals surface area contributed by atoms with Gasteiger partial charge in [0.25, 0.3) is 0 Å².